The highest BCUT2D eigenvalue weighted by Crippen LogP contribution is 2.32. The molecule has 8 nitrogen and oxygen atoms in total. The van der Waals surface area contributed by atoms with Crippen LogP contribution >= 0.6 is 0 Å². The van der Waals surface area contributed by atoms with Crippen LogP contribution in [0.2, 0.25) is 0 Å². The molecular weight excluding hydrogens is 346 g/mol. The standard InChI is InChI=1S/C19H15N5O3/c1-11-8-17(22-18(25)12-6-7-15-16(9-12)27-10-26-15)24(23-11)19-20-13-4-2-3-5-14(13)21-19/h2-9H,10H2,1H3,(H,20,21)(H,22,25). The van der Waals surface area contributed by atoms with Gasteiger partial charge in [-0.3, -0.25) is 4.79 Å². The monoisotopic (exact) mass is 361 g/mol. The summed E-state index contributed by atoms with van der Waals surface area (Å²) in [4.78, 5) is 20.5. The van der Waals surface area contributed by atoms with Crippen LogP contribution in [0, 0.1) is 6.92 Å². The van der Waals surface area contributed by atoms with E-state index in [1.54, 1.807) is 28.9 Å². The predicted octanol–water partition coefficient (Wildman–Crippen LogP) is 3.04. The van der Waals surface area contributed by atoms with Crippen LogP contribution in [0.3, 0.4) is 0 Å². The van der Waals surface area contributed by atoms with Crippen molar-refractivity contribution in [3.05, 3.63) is 59.8 Å². The normalized spacial score (nSPS) is 12.5. The molecule has 0 spiro atoms. The number of nitrogens with one attached hydrogen (secondary N) is 2. The van der Waals surface area contributed by atoms with Gasteiger partial charge >= 0.3 is 0 Å². The first-order chi connectivity index (χ1) is 13.2. The largest absolute Gasteiger partial charge is 0.454 e. The molecule has 5 rings (SSSR count). The number of ether oxygens (including phenoxy) is 2. The second-order valence-corrected chi connectivity index (χ2v) is 6.18. The number of carbonyl (C=O) groups is 1. The maximum absolute atomic E-state index is 12.7. The van der Waals surface area contributed by atoms with Crippen LogP contribution in [0.1, 0.15) is 16.1 Å². The average Bonchev–Trinajstić information content (AvgIpc) is 3.38. The van der Waals surface area contributed by atoms with Crippen LogP contribution in [-0.4, -0.2) is 32.4 Å². The summed E-state index contributed by atoms with van der Waals surface area (Å²) >= 11 is 0. The van der Waals surface area contributed by atoms with E-state index in [-0.39, 0.29) is 12.7 Å². The van der Waals surface area contributed by atoms with Crippen molar-refractivity contribution >= 4 is 22.8 Å². The van der Waals surface area contributed by atoms with E-state index in [4.69, 9.17) is 9.47 Å². The summed E-state index contributed by atoms with van der Waals surface area (Å²) in [5.41, 5.74) is 2.95. The Hall–Kier alpha value is -3.81. The number of nitrogens with zero attached hydrogens (tertiary/aromatic N) is 3. The molecule has 3 heterocycles. The Morgan fingerprint density at radius 1 is 1.15 bits per heavy atom. The number of aryl methyl sites for hydroxylation is 1. The number of para-hydroxylation sites is 2. The molecule has 4 aromatic rings. The molecule has 0 saturated carbocycles. The summed E-state index contributed by atoms with van der Waals surface area (Å²) in [5.74, 6) is 1.98. The number of hydrogen-bond acceptors (Lipinski definition) is 5. The van der Waals surface area contributed by atoms with Crippen LogP contribution < -0.4 is 14.8 Å². The minimum Gasteiger partial charge on any atom is -0.454 e. The topological polar surface area (TPSA) is 94.1 Å². The molecule has 0 aliphatic carbocycles. The molecular formula is C19H15N5O3. The fraction of sp³-hybridized carbons (Fsp3) is 0.105. The van der Waals surface area contributed by atoms with Crippen LogP contribution in [0.5, 0.6) is 11.5 Å². The Bertz CT molecular complexity index is 1140. The summed E-state index contributed by atoms with van der Waals surface area (Å²) < 4.78 is 12.2. The second-order valence-electron chi connectivity index (χ2n) is 6.18. The Balaban J connectivity index is 1.48. The van der Waals surface area contributed by atoms with Crippen LogP contribution in [-0.2, 0) is 0 Å². The first kappa shape index (κ1) is 15.4. The number of aromatic amines is 1. The average molecular weight is 361 g/mol. The molecule has 2 aromatic heterocycles. The smallest absolute Gasteiger partial charge is 0.256 e. The molecule has 8 heteroatoms. The number of imidazole rings is 1. The molecule has 1 aliphatic rings. The Kier molecular flexibility index (Phi) is 3.36. The summed E-state index contributed by atoms with van der Waals surface area (Å²) in [6, 6.07) is 14.6. The Morgan fingerprint density at radius 3 is 2.89 bits per heavy atom. The molecule has 0 saturated heterocycles. The van der Waals surface area contributed by atoms with Gasteiger partial charge in [-0.05, 0) is 37.3 Å². The van der Waals surface area contributed by atoms with Gasteiger partial charge in [-0.2, -0.15) is 9.78 Å². The van der Waals surface area contributed by atoms with Crippen molar-refractivity contribution in [2.45, 2.75) is 6.92 Å². The number of H-pyrrole nitrogens is 1. The molecule has 2 N–H and O–H groups in total. The maximum Gasteiger partial charge on any atom is 0.256 e. The van der Waals surface area contributed by atoms with Crippen molar-refractivity contribution in [2.75, 3.05) is 12.1 Å². The number of amides is 1. The molecule has 0 bridgehead atoms. The zero-order valence-corrected chi connectivity index (χ0v) is 14.4. The van der Waals surface area contributed by atoms with E-state index in [1.165, 1.54) is 0 Å². The number of benzene rings is 2. The molecule has 0 unspecified atom stereocenters. The van der Waals surface area contributed by atoms with Crippen molar-refractivity contribution in [3.8, 4) is 17.4 Å². The number of hydrogen-bond donors (Lipinski definition) is 2. The maximum atomic E-state index is 12.7. The van der Waals surface area contributed by atoms with Gasteiger partial charge in [0.25, 0.3) is 5.91 Å². The number of carbonyl (C=O) groups excluding carboxylic acids is 1. The third kappa shape index (κ3) is 2.67. The van der Waals surface area contributed by atoms with Gasteiger partial charge in [-0.1, -0.05) is 12.1 Å². The molecule has 27 heavy (non-hydrogen) atoms. The SMILES string of the molecule is Cc1cc(NC(=O)c2ccc3c(c2)OCO3)n(-c2nc3ccccc3[nH]2)n1. The summed E-state index contributed by atoms with van der Waals surface area (Å²) in [6.45, 7) is 2.02. The lowest BCUT2D eigenvalue weighted by Crippen LogP contribution is -2.15. The van der Waals surface area contributed by atoms with Crippen molar-refractivity contribution in [3.63, 3.8) is 0 Å². The number of aromatic nitrogens is 4. The molecule has 0 atom stereocenters. The summed E-state index contributed by atoms with van der Waals surface area (Å²) in [7, 11) is 0. The quantitative estimate of drug-likeness (QED) is 0.585. The highest BCUT2D eigenvalue weighted by molar-refractivity contribution is 6.04. The van der Waals surface area contributed by atoms with Crippen molar-refractivity contribution in [2.24, 2.45) is 0 Å². The molecule has 134 valence electrons. The number of anilines is 1. The zero-order valence-electron chi connectivity index (χ0n) is 14.4. The van der Waals surface area contributed by atoms with Crippen LogP contribution in [0.4, 0.5) is 5.82 Å². The first-order valence-electron chi connectivity index (χ1n) is 8.40. The lowest BCUT2D eigenvalue weighted by atomic mass is 10.2. The van der Waals surface area contributed by atoms with Crippen LogP contribution in [0.15, 0.2) is 48.5 Å². The van der Waals surface area contributed by atoms with E-state index in [9.17, 15) is 4.79 Å². The van der Waals surface area contributed by atoms with E-state index in [2.05, 4.69) is 20.4 Å². The Morgan fingerprint density at radius 2 is 2.00 bits per heavy atom. The molecule has 2 aromatic carbocycles. The highest BCUT2D eigenvalue weighted by atomic mass is 16.7. The minimum atomic E-state index is -0.273. The number of rotatable bonds is 3. The molecule has 1 amide bonds. The van der Waals surface area contributed by atoms with Gasteiger partial charge in [0, 0.05) is 11.6 Å². The number of fused-ring (bicyclic) bond motifs is 2. The third-order valence-corrected chi connectivity index (χ3v) is 4.29. The fourth-order valence-corrected chi connectivity index (χ4v) is 3.02. The molecule has 0 radical (unpaired) electrons. The highest BCUT2D eigenvalue weighted by Gasteiger charge is 2.18. The van der Waals surface area contributed by atoms with Gasteiger partial charge in [-0.25, -0.2) is 4.98 Å². The van der Waals surface area contributed by atoms with Gasteiger partial charge in [0.05, 0.1) is 16.7 Å². The summed E-state index contributed by atoms with van der Waals surface area (Å²) in [6.07, 6.45) is 0. The van der Waals surface area contributed by atoms with Crippen molar-refractivity contribution < 1.29 is 14.3 Å². The van der Waals surface area contributed by atoms with E-state index < -0.39 is 0 Å². The van der Waals surface area contributed by atoms with E-state index in [1.807, 2.05) is 31.2 Å². The lowest BCUT2D eigenvalue weighted by Gasteiger charge is -2.07. The summed E-state index contributed by atoms with van der Waals surface area (Å²) in [5, 5.41) is 7.33. The fourth-order valence-electron chi connectivity index (χ4n) is 3.02. The van der Waals surface area contributed by atoms with Gasteiger partial charge < -0.3 is 19.8 Å². The van der Waals surface area contributed by atoms with Gasteiger partial charge in [0.15, 0.2) is 11.5 Å². The Labute approximate surface area is 153 Å². The van der Waals surface area contributed by atoms with Crippen molar-refractivity contribution in [1.29, 1.82) is 0 Å². The molecule has 0 fully saturated rings. The molecule has 1 aliphatic heterocycles. The first-order valence-corrected chi connectivity index (χ1v) is 8.40. The second kappa shape index (κ2) is 5.87. The third-order valence-electron chi connectivity index (χ3n) is 4.29. The van der Waals surface area contributed by atoms with Crippen LogP contribution in [0.25, 0.3) is 17.0 Å². The van der Waals surface area contributed by atoms with E-state index >= 15 is 0 Å². The minimum absolute atomic E-state index is 0.165. The van der Waals surface area contributed by atoms with Crippen molar-refractivity contribution in [1.82, 2.24) is 19.7 Å². The van der Waals surface area contributed by atoms with E-state index in [0.717, 1.165) is 16.7 Å². The predicted molar refractivity (Wildman–Crippen MR) is 98.5 cm³/mol. The van der Waals surface area contributed by atoms with E-state index in [0.29, 0.717) is 28.8 Å². The van der Waals surface area contributed by atoms with Gasteiger partial charge in [0.1, 0.15) is 5.82 Å². The van der Waals surface area contributed by atoms with Gasteiger partial charge in [-0.15, -0.1) is 0 Å². The lowest BCUT2D eigenvalue weighted by molar-refractivity contribution is 0.102. The zero-order chi connectivity index (χ0) is 18.4. The van der Waals surface area contributed by atoms with Gasteiger partial charge in [0.2, 0.25) is 12.7 Å².